The fourth-order valence-electron chi connectivity index (χ4n) is 2.76. The van der Waals surface area contributed by atoms with Crippen LogP contribution in [0.1, 0.15) is 0 Å². The van der Waals surface area contributed by atoms with Crippen LogP contribution in [0.15, 0.2) is 72.8 Å². The minimum Gasteiger partial charge on any atom is -0.340 e. The first-order valence-electron chi connectivity index (χ1n) is 8.14. The van der Waals surface area contributed by atoms with Gasteiger partial charge in [0.1, 0.15) is 5.82 Å². The van der Waals surface area contributed by atoms with E-state index in [9.17, 15) is 10.1 Å². The van der Waals surface area contributed by atoms with E-state index in [4.69, 9.17) is 11.6 Å². The molecule has 27 heavy (non-hydrogen) atoms. The van der Waals surface area contributed by atoms with Crippen LogP contribution >= 0.6 is 11.6 Å². The van der Waals surface area contributed by atoms with Crippen LogP contribution in [-0.2, 0) is 0 Å². The molecular formula is C20H13ClN4O2. The van der Waals surface area contributed by atoms with Gasteiger partial charge >= 0.3 is 0 Å². The number of rotatable bonds is 4. The molecule has 0 aliphatic heterocycles. The normalized spacial score (nSPS) is 10.7. The number of fused-ring (bicyclic) bond motifs is 1. The van der Waals surface area contributed by atoms with Crippen molar-refractivity contribution in [2.75, 3.05) is 5.32 Å². The summed E-state index contributed by atoms with van der Waals surface area (Å²) in [6, 6.07) is 21.2. The lowest BCUT2D eigenvalue weighted by molar-refractivity contribution is -0.384. The molecule has 0 aliphatic carbocycles. The van der Waals surface area contributed by atoms with Crippen molar-refractivity contribution in [2.24, 2.45) is 0 Å². The SMILES string of the molecule is O=[N+]([O-])c1cccc(-c2nc(Nc3cccc(Cl)c3)c3ccccc3n2)c1. The Bertz CT molecular complexity index is 1160. The van der Waals surface area contributed by atoms with E-state index in [0.29, 0.717) is 22.2 Å². The molecule has 0 saturated heterocycles. The summed E-state index contributed by atoms with van der Waals surface area (Å²) in [5, 5.41) is 15.8. The molecule has 1 aromatic heterocycles. The Morgan fingerprint density at radius 1 is 0.926 bits per heavy atom. The van der Waals surface area contributed by atoms with E-state index < -0.39 is 4.92 Å². The topological polar surface area (TPSA) is 81.0 Å². The summed E-state index contributed by atoms with van der Waals surface area (Å²) in [5.74, 6) is 1.01. The Balaban J connectivity index is 1.86. The Morgan fingerprint density at radius 3 is 2.56 bits per heavy atom. The third kappa shape index (κ3) is 3.56. The molecule has 0 aliphatic rings. The van der Waals surface area contributed by atoms with Crippen LogP contribution in [0.4, 0.5) is 17.2 Å². The Morgan fingerprint density at radius 2 is 1.74 bits per heavy atom. The second-order valence-electron chi connectivity index (χ2n) is 5.86. The van der Waals surface area contributed by atoms with Crippen molar-refractivity contribution in [1.29, 1.82) is 0 Å². The van der Waals surface area contributed by atoms with Crippen molar-refractivity contribution < 1.29 is 4.92 Å². The lowest BCUT2D eigenvalue weighted by atomic mass is 10.1. The summed E-state index contributed by atoms with van der Waals surface area (Å²) in [5.41, 5.74) is 2.09. The van der Waals surface area contributed by atoms with Gasteiger partial charge in [-0.15, -0.1) is 0 Å². The van der Waals surface area contributed by atoms with Gasteiger partial charge in [-0.05, 0) is 30.3 Å². The number of nitrogens with one attached hydrogen (secondary N) is 1. The molecule has 4 aromatic rings. The van der Waals surface area contributed by atoms with E-state index in [1.165, 1.54) is 12.1 Å². The second-order valence-corrected chi connectivity index (χ2v) is 6.29. The number of hydrogen-bond acceptors (Lipinski definition) is 5. The average Bonchev–Trinajstić information content (AvgIpc) is 2.68. The molecule has 7 heteroatoms. The molecule has 132 valence electrons. The van der Waals surface area contributed by atoms with Gasteiger partial charge in [0.05, 0.1) is 10.4 Å². The van der Waals surface area contributed by atoms with Gasteiger partial charge in [-0.3, -0.25) is 10.1 Å². The number of nitrogens with zero attached hydrogens (tertiary/aromatic N) is 3. The maximum absolute atomic E-state index is 11.1. The summed E-state index contributed by atoms with van der Waals surface area (Å²) in [4.78, 5) is 19.8. The van der Waals surface area contributed by atoms with Gasteiger partial charge < -0.3 is 5.32 Å². The molecule has 0 amide bonds. The fraction of sp³-hybridized carbons (Fsp3) is 0. The Labute approximate surface area is 159 Å². The minimum atomic E-state index is -0.435. The van der Waals surface area contributed by atoms with E-state index >= 15 is 0 Å². The number of halogens is 1. The van der Waals surface area contributed by atoms with Crippen LogP contribution < -0.4 is 5.32 Å². The maximum atomic E-state index is 11.1. The van der Waals surface area contributed by atoms with Gasteiger partial charge in [-0.2, -0.15) is 0 Å². The fourth-order valence-corrected chi connectivity index (χ4v) is 2.95. The molecule has 3 aromatic carbocycles. The van der Waals surface area contributed by atoms with Crippen LogP contribution in [0.5, 0.6) is 0 Å². The van der Waals surface area contributed by atoms with Crippen molar-refractivity contribution >= 4 is 39.7 Å². The number of aromatic nitrogens is 2. The van der Waals surface area contributed by atoms with E-state index in [0.717, 1.165) is 16.6 Å². The highest BCUT2D eigenvalue weighted by atomic mass is 35.5. The summed E-state index contributed by atoms with van der Waals surface area (Å²) < 4.78 is 0. The number of non-ortho nitro benzene ring substituents is 1. The highest BCUT2D eigenvalue weighted by Gasteiger charge is 2.13. The number of nitro groups is 1. The molecule has 0 fully saturated rings. The molecule has 6 nitrogen and oxygen atoms in total. The van der Waals surface area contributed by atoms with Crippen molar-refractivity contribution in [3.63, 3.8) is 0 Å². The first kappa shape index (κ1) is 16.9. The van der Waals surface area contributed by atoms with Crippen LogP contribution in [0.25, 0.3) is 22.3 Å². The summed E-state index contributed by atoms with van der Waals surface area (Å²) >= 11 is 6.07. The molecule has 1 heterocycles. The predicted molar refractivity (Wildman–Crippen MR) is 106 cm³/mol. The van der Waals surface area contributed by atoms with Crippen LogP contribution in [0, 0.1) is 10.1 Å². The zero-order valence-corrected chi connectivity index (χ0v) is 14.7. The van der Waals surface area contributed by atoms with Gasteiger partial charge in [0.15, 0.2) is 5.82 Å². The van der Waals surface area contributed by atoms with Crippen LogP contribution in [-0.4, -0.2) is 14.9 Å². The first-order valence-corrected chi connectivity index (χ1v) is 8.52. The van der Waals surface area contributed by atoms with E-state index in [1.54, 1.807) is 24.3 Å². The van der Waals surface area contributed by atoms with E-state index in [2.05, 4.69) is 15.3 Å². The monoisotopic (exact) mass is 376 g/mol. The predicted octanol–water partition coefficient (Wildman–Crippen LogP) is 5.60. The minimum absolute atomic E-state index is 0.00592. The van der Waals surface area contributed by atoms with Crippen LogP contribution in [0.2, 0.25) is 5.02 Å². The largest absolute Gasteiger partial charge is 0.340 e. The lowest BCUT2D eigenvalue weighted by Crippen LogP contribution is -1.99. The third-order valence-electron chi connectivity index (χ3n) is 4.01. The maximum Gasteiger partial charge on any atom is 0.270 e. The standard InChI is InChI=1S/C20H13ClN4O2/c21-14-6-4-7-15(12-14)22-20-17-9-1-2-10-18(17)23-19(24-20)13-5-3-8-16(11-13)25(26)27/h1-12H,(H,22,23,24). The van der Waals surface area contributed by atoms with Gasteiger partial charge in [-0.1, -0.05) is 41.9 Å². The number of benzene rings is 3. The summed E-state index contributed by atoms with van der Waals surface area (Å²) in [7, 11) is 0. The Kier molecular flexibility index (Phi) is 4.40. The number of nitro benzene ring substituents is 1. The summed E-state index contributed by atoms with van der Waals surface area (Å²) in [6.07, 6.45) is 0. The lowest BCUT2D eigenvalue weighted by Gasteiger charge is -2.11. The molecule has 0 spiro atoms. The highest BCUT2D eigenvalue weighted by Crippen LogP contribution is 2.29. The highest BCUT2D eigenvalue weighted by molar-refractivity contribution is 6.30. The van der Waals surface area contributed by atoms with Crippen molar-refractivity contribution in [3.8, 4) is 11.4 Å². The van der Waals surface area contributed by atoms with Crippen molar-refractivity contribution in [2.45, 2.75) is 0 Å². The second kappa shape index (κ2) is 7.01. The molecule has 1 N–H and O–H groups in total. The van der Waals surface area contributed by atoms with Gasteiger partial charge in [-0.25, -0.2) is 9.97 Å². The molecule has 0 atom stereocenters. The molecular weight excluding hydrogens is 364 g/mol. The average molecular weight is 377 g/mol. The number of para-hydroxylation sites is 1. The van der Waals surface area contributed by atoms with Crippen molar-refractivity contribution in [3.05, 3.63) is 87.9 Å². The van der Waals surface area contributed by atoms with Crippen LogP contribution in [0.3, 0.4) is 0 Å². The van der Waals surface area contributed by atoms with E-state index in [-0.39, 0.29) is 5.69 Å². The molecule has 0 bridgehead atoms. The first-order chi connectivity index (χ1) is 13.1. The summed E-state index contributed by atoms with van der Waals surface area (Å²) in [6.45, 7) is 0. The molecule has 0 unspecified atom stereocenters. The van der Waals surface area contributed by atoms with E-state index in [1.807, 2.05) is 36.4 Å². The third-order valence-corrected chi connectivity index (χ3v) is 4.24. The zero-order valence-electron chi connectivity index (χ0n) is 14.0. The Hall–Kier alpha value is -3.51. The van der Waals surface area contributed by atoms with Gasteiger partial charge in [0.25, 0.3) is 5.69 Å². The smallest absolute Gasteiger partial charge is 0.270 e. The zero-order chi connectivity index (χ0) is 18.8. The molecule has 4 rings (SSSR count). The van der Waals surface area contributed by atoms with Crippen molar-refractivity contribution in [1.82, 2.24) is 9.97 Å². The molecule has 0 radical (unpaired) electrons. The van der Waals surface area contributed by atoms with Gasteiger partial charge in [0, 0.05) is 33.8 Å². The quantitative estimate of drug-likeness (QED) is 0.370. The van der Waals surface area contributed by atoms with Gasteiger partial charge in [0.2, 0.25) is 0 Å². The number of anilines is 2. The molecule has 0 saturated carbocycles. The number of hydrogen-bond donors (Lipinski definition) is 1.